The number of fused-ring (bicyclic) bond motifs is 1. The average molecular weight is 272 g/mol. The Morgan fingerprint density at radius 2 is 1.95 bits per heavy atom. The lowest BCUT2D eigenvalue weighted by molar-refractivity contribution is 0.112. The van der Waals surface area contributed by atoms with Gasteiger partial charge in [-0.3, -0.25) is 9.20 Å². The van der Waals surface area contributed by atoms with Crippen LogP contribution in [0.15, 0.2) is 36.5 Å². The molecule has 0 aliphatic heterocycles. The van der Waals surface area contributed by atoms with Crippen LogP contribution in [0.1, 0.15) is 15.9 Å². The summed E-state index contributed by atoms with van der Waals surface area (Å²) in [4.78, 5) is 10.9. The van der Waals surface area contributed by atoms with Gasteiger partial charge in [0, 0.05) is 22.3 Å². The Bertz CT molecular complexity index is 762. The van der Waals surface area contributed by atoms with E-state index in [4.69, 9.17) is 11.6 Å². The summed E-state index contributed by atoms with van der Waals surface area (Å²) >= 11 is 5.88. The van der Waals surface area contributed by atoms with Crippen molar-refractivity contribution in [1.82, 2.24) is 14.6 Å². The topological polar surface area (TPSA) is 47.3 Å². The van der Waals surface area contributed by atoms with Gasteiger partial charge in [0.2, 0.25) is 0 Å². The number of aldehydes is 1. The predicted molar refractivity (Wildman–Crippen MR) is 73.6 cm³/mol. The van der Waals surface area contributed by atoms with Crippen LogP contribution in [0.25, 0.3) is 17.0 Å². The SMILES string of the molecule is Cc1cc(C=O)cn2c(-c3ccc(Cl)cc3)nnc12. The fraction of sp³-hybridized carbons (Fsp3) is 0.0714. The van der Waals surface area contributed by atoms with E-state index >= 15 is 0 Å². The van der Waals surface area contributed by atoms with Gasteiger partial charge < -0.3 is 0 Å². The van der Waals surface area contributed by atoms with Crippen LogP contribution < -0.4 is 0 Å². The van der Waals surface area contributed by atoms with Gasteiger partial charge in [0.15, 0.2) is 17.8 Å². The molecule has 1 aromatic carbocycles. The van der Waals surface area contributed by atoms with Crippen molar-refractivity contribution < 1.29 is 4.79 Å². The highest BCUT2D eigenvalue weighted by atomic mass is 35.5. The van der Waals surface area contributed by atoms with Gasteiger partial charge in [-0.1, -0.05) is 11.6 Å². The summed E-state index contributed by atoms with van der Waals surface area (Å²) in [5, 5.41) is 9.01. The summed E-state index contributed by atoms with van der Waals surface area (Å²) in [6.07, 6.45) is 2.55. The molecule has 3 aromatic rings. The molecule has 0 bridgehead atoms. The van der Waals surface area contributed by atoms with E-state index in [0.717, 1.165) is 23.1 Å². The quantitative estimate of drug-likeness (QED) is 0.673. The summed E-state index contributed by atoms with van der Waals surface area (Å²) in [5.74, 6) is 0.693. The molecule has 19 heavy (non-hydrogen) atoms. The van der Waals surface area contributed by atoms with Crippen LogP contribution >= 0.6 is 11.6 Å². The Morgan fingerprint density at radius 3 is 2.63 bits per heavy atom. The zero-order chi connectivity index (χ0) is 13.4. The van der Waals surface area contributed by atoms with E-state index in [9.17, 15) is 4.79 Å². The number of rotatable bonds is 2. The maximum Gasteiger partial charge on any atom is 0.168 e. The molecule has 4 nitrogen and oxygen atoms in total. The summed E-state index contributed by atoms with van der Waals surface area (Å²) < 4.78 is 1.82. The molecule has 0 N–H and O–H groups in total. The number of hydrogen-bond acceptors (Lipinski definition) is 3. The molecule has 0 unspecified atom stereocenters. The van der Waals surface area contributed by atoms with Crippen molar-refractivity contribution in [3.8, 4) is 11.4 Å². The molecule has 0 saturated heterocycles. The van der Waals surface area contributed by atoms with Crippen LogP contribution in [0.2, 0.25) is 5.02 Å². The molecule has 0 aliphatic rings. The van der Waals surface area contributed by atoms with Gasteiger partial charge in [0.05, 0.1) is 0 Å². The molecule has 2 aromatic heterocycles. The van der Waals surface area contributed by atoms with Crippen molar-refractivity contribution in [2.24, 2.45) is 0 Å². The Kier molecular flexibility index (Phi) is 2.80. The Morgan fingerprint density at radius 1 is 1.21 bits per heavy atom. The lowest BCUT2D eigenvalue weighted by atomic mass is 10.2. The van der Waals surface area contributed by atoms with Crippen LogP contribution in [-0.4, -0.2) is 20.9 Å². The van der Waals surface area contributed by atoms with Crippen molar-refractivity contribution >= 4 is 23.5 Å². The second-order valence-electron chi connectivity index (χ2n) is 4.30. The molecule has 5 heteroatoms. The second kappa shape index (κ2) is 4.48. The first-order valence-corrected chi connectivity index (χ1v) is 6.13. The fourth-order valence-electron chi connectivity index (χ4n) is 2.04. The molecule has 0 radical (unpaired) electrons. The van der Waals surface area contributed by atoms with E-state index in [1.807, 2.05) is 23.5 Å². The minimum Gasteiger partial charge on any atom is -0.298 e. The van der Waals surface area contributed by atoms with E-state index in [1.165, 1.54) is 0 Å². The highest BCUT2D eigenvalue weighted by molar-refractivity contribution is 6.30. The van der Waals surface area contributed by atoms with E-state index in [0.29, 0.717) is 16.4 Å². The van der Waals surface area contributed by atoms with Gasteiger partial charge in [0.1, 0.15) is 0 Å². The van der Waals surface area contributed by atoms with Gasteiger partial charge >= 0.3 is 0 Å². The van der Waals surface area contributed by atoms with Crippen molar-refractivity contribution in [1.29, 1.82) is 0 Å². The molecule has 2 heterocycles. The second-order valence-corrected chi connectivity index (χ2v) is 4.73. The summed E-state index contributed by atoms with van der Waals surface area (Å²) in [7, 11) is 0. The molecular weight excluding hydrogens is 262 g/mol. The maximum atomic E-state index is 10.9. The minimum absolute atomic E-state index is 0.597. The third-order valence-corrected chi connectivity index (χ3v) is 3.20. The van der Waals surface area contributed by atoms with Gasteiger partial charge in [-0.05, 0) is 42.8 Å². The molecule has 0 aliphatic carbocycles. The molecule has 94 valence electrons. The number of nitrogens with zero attached hydrogens (tertiary/aromatic N) is 3. The first kappa shape index (κ1) is 11.9. The van der Waals surface area contributed by atoms with E-state index < -0.39 is 0 Å². The summed E-state index contributed by atoms with van der Waals surface area (Å²) in [6.45, 7) is 1.91. The predicted octanol–water partition coefficient (Wildman–Crippen LogP) is 3.17. The third-order valence-electron chi connectivity index (χ3n) is 2.95. The van der Waals surface area contributed by atoms with Gasteiger partial charge in [-0.25, -0.2) is 0 Å². The third kappa shape index (κ3) is 2.00. The zero-order valence-corrected chi connectivity index (χ0v) is 10.9. The lowest BCUT2D eigenvalue weighted by Gasteiger charge is -2.03. The Balaban J connectivity index is 2.27. The number of benzene rings is 1. The number of pyridine rings is 1. The zero-order valence-electron chi connectivity index (χ0n) is 10.2. The number of aromatic nitrogens is 3. The van der Waals surface area contributed by atoms with E-state index in [-0.39, 0.29) is 0 Å². The summed E-state index contributed by atoms with van der Waals surface area (Å²) in [5.41, 5.74) is 3.16. The molecule has 0 spiro atoms. The highest BCUT2D eigenvalue weighted by Gasteiger charge is 2.10. The Labute approximate surface area is 114 Å². The number of carbonyl (C=O) groups is 1. The molecule has 3 rings (SSSR count). The van der Waals surface area contributed by atoms with Crippen molar-refractivity contribution in [3.05, 3.63) is 52.7 Å². The molecule has 0 saturated carbocycles. The molecule has 0 fully saturated rings. The van der Waals surface area contributed by atoms with Gasteiger partial charge in [-0.15, -0.1) is 10.2 Å². The standard InChI is InChI=1S/C14H10ClN3O/c1-9-6-10(8-19)7-18-13(9)16-17-14(18)11-2-4-12(15)5-3-11/h2-8H,1H3. The lowest BCUT2D eigenvalue weighted by Crippen LogP contribution is -1.94. The average Bonchev–Trinajstić information content (AvgIpc) is 2.84. The van der Waals surface area contributed by atoms with Crippen LogP contribution in [0.4, 0.5) is 0 Å². The van der Waals surface area contributed by atoms with Crippen molar-refractivity contribution in [2.45, 2.75) is 6.92 Å². The maximum absolute atomic E-state index is 10.9. The summed E-state index contributed by atoms with van der Waals surface area (Å²) in [6, 6.07) is 9.15. The van der Waals surface area contributed by atoms with Crippen LogP contribution in [0, 0.1) is 6.92 Å². The highest BCUT2D eigenvalue weighted by Crippen LogP contribution is 2.22. The molecular formula is C14H10ClN3O. The van der Waals surface area contributed by atoms with Crippen LogP contribution in [0.3, 0.4) is 0 Å². The molecule has 0 atom stereocenters. The van der Waals surface area contributed by atoms with Gasteiger partial charge in [0.25, 0.3) is 0 Å². The largest absolute Gasteiger partial charge is 0.298 e. The smallest absolute Gasteiger partial charge is 0.168 e. The number of carbonyl (C=O) groups excluding carboxylic acids is 1. The first-order chi connectivity index (χ1) is 9.19. The monoisotopic (exact) mass is 271 g/mol. The number of halogens is 1. The normalized spacial score (nSPS) is 10.8. The Hall–Kier alpha value is -2.20. The van der Waals surface area contributed by atoms with E-state index in [1.54, 1.807) is 24.4 Å². The molecule has 0 amide bonds. The van der Waals surface area contributed by atoms with E-state index in [2.05, 4.69) is 10.2 Å². The number of hydrogen-bond donors (Lipinski definition) is 0. The number of aryl methyl sites for hydroxylation is 1. The van der Waals surface area contributed by atoms with Crippen LogP contribution in [-0.2, 0) is 0 Å². The van der Waals surface area contributed by atoms with Crippen LogP contribution in [0.5, 0.6) is 0 Å². The first-order valence-electron chi connectivity index (χ1n) is 5.75. The van der Waals surface area contributed by atoms with Crippen molar-refractivity contribution in [2.75, 3.05) is 0 Å². The minimum atomic E-state index is 0.597. The van der Waals surface area contributed by atoms with Gasteiger partial charge in [-0.2, -0.15) is 0 Å². The fourth-order valence-corrected chi connectivity index (χ4v) is 2.17. The van der Waals surface area contributed by atoms with Crippen molar-refractivity contribution in [3.63, 3.8) is 0 Å².